The van der Waals surface area contributed by atoms with Crippen LogP contribution in [-0.4, -0.2) is 16.9 Å². The summed E-state index contributed by atoms with van der Waals surface area (Å²) in [6.07, 6.45) is 0. The van der Waals surface area contributed by atoms with Gasteiger partial charge < -0.3 is 4.74 Å². The smallest absolute Gasteiger partial charge is 0.119 e. The van der Waals surface area contributed by atoms with Crippen LogP contribution in [0.3, 0.4) is 0 Å². The predicted molar refractivity (Wildman–Crippen MR) is 81.1 cm³/mol. The molecule has 0 amide bonds. The van der Waals surface area contributed by atoms with Gasteiger partial charge in [-0.2, -0.15) is 5.10 Å². The van der Waals surface area contributed by atoms with Gasteiger partial charge in [-0.25, -0.2) is 0 Å². The van der Waals surface area contributed by atoms with Gasteiger partial charge in [0.2, 0.25) is 0 Å². The first kappa shape index (κ1) is 14.4. The standard InChI is InChI=1S/C14H16BrClN2O/c1-9-13(7-16)10(2)18(17-9)8-11-6-12(19-3)4-5-14(11)15/h4-6H,7-8H2,1-3H3. The molecular weight excluding hydrogens is 328 g/mol. The lowest BCUT2D eigenvalue weighted by Crippen LogP contribution is -2.05. The van der Waals surface area contributed by atoms with Gasteiger partial charge in [-0.05, 0) is 37.6 Å². The van der Waals surface area contributed by atoms with Crippen molar-refractivity contribution in [3.8, 4) is 5.75 Å². The Morgan fingerprint density at radius 1 is 1.37 bits per heavy atom. The molecule has 102 valence electrons. The van der Waals surface area contributed by atoms with Crippen molar-refractivity contribution in [2.45, 2.75) is 26.3 Å². The maximum atomic E-state index is 5.95. The van der Waals surface area contributed by atoms with Gasteiger partial charge in [-0.3, -0.25) is 4.68 Å². The zero-order valence-corrected chi connectivity index (χ0v) is 13.5. The van der Waals surface area contributed by atoms with Crippen LogP contribution >= 0.6 is 27.5 Å². The van der Waals surface area contributed by atoms with Gasteiger partial charge in [0.1, 0.15) is 5.75 Å². The van der Waals surface area contributed by atoms with Crippen LogP contribution in [-0.2, 0) is 12.4 Å². The van der Waals surface area contributed by atoms with Crippen molar-refractivity contribution < 1.29 is 4.74 Å². The van der Waals surface area contributed by atoms with Gasteiger partial charge in [0.05, 0.1) is 25.2 Å². The van der Waals surface area contributed by atoms with E-state index in [-0.39, 0.29) is 0 Å². The number of halogens is 2. The third kappa shape index (κ3) is 2.95. The minimum atomic E-state index is 0.497. The van der Waals surface area contributed by atoms with Gasteiger partial charge in [0, 0.05) is 15.7 Å². The van der Waals surface area contributed by atoms with E-state index in [0.717, 1.165) is 32.7 Å². The second-order valence-corrected chi connectivity index (χ2v) is 5.52. The van der Waals surface area contributed by atoms with Crippen molar-refractivity contribution in [1.82, 2.24) is 9.78 Å². The van der Waals surface area contributed by atoms with E-state index in [0.29, 0.717) is 12.4 Å². The Balaban J connectivity index is 2.36. The van der Waals surface area contributed by atoms with Gasteiger partial charge in [-0.1, -0.05) is 15.9 Å². The minimum Gasteiger partial charge on any atom is -0.497 e. The molecule has 0 aliphatic heterocycles. The molecular formula is C14H16BrClN2O. The van der Waals surface area contributed by atoms with Gasteiger partial charge in [0.15, 0.2) is 0 Å². The summed E-state index contributed by atoms with van der Waals surface area (Å²) in [6.45, 7) is 4.73. The van der Waals surface area contributed by atoms with Crippen molar-refractivity contribution in [1.29, 1.82) is 0 Å². The summed E-state index contributed by atoms with van der Waals surface area (Å²) in [5, 5.41) is 4.54. The first-order chi connectivity index (χ1) is 9.06. The summed E-state index contributed by atoms with van der Waals surface area (Å²) in [7, 11) is 1.67. The molecule has 0 bridgehead atoms. The largest absolute Gasteiger partial charge is 0.497 e. The molecule has 0 aliphatic rings. The van der Waals surface area contributed by atoms with Crippen LogP contribution in [0.15, 0.2) is 22.7 Å². The summed E-state index contributed by atoms with van der Waals surface area (Å²) in [5.41, 5.74) is 4.35. The van der Waals surface area contributed by atoms with Crippen LogP contribution < -0.4 is 4.74 Å². The molecule has 19 heavy (non-hydrogen) atoms. The average Bonchev–Trinajstić information content (AvgIpc) is 2.66. The maximum absolute atomic E-state index is 5.95. The predicted octanol–water partition coefficient (Wildman–Crippen LogP) is 4.06. The Hall–Kier alpha value is -1.00. The number of aromatic nitrogens is 2. The number of methoxy groups -OCH3 is 1. The van der Waals surface area contributed by atoms with E-state index in [1.165, 1.54) is 0 Å². The summed E-state index contributed by atoms with van der Waals surface area (Å²) in [5.74, 6) is 1.34. The van der Waals surface area contributed by atoms with Crippen molar-refractivity contribution >= 4 is 27.5 Å². The maximum Gasteiger partial charge on any atom is 0.119 e. The highest BCUT2D eigenvalue weighted by Gasteiger charge is 2.12. The minimum absolute atomic E-state index is 0.497. The number of hydrogen-bond acceptors (Lipinski definition) is 2. The van der Waals surface area contributed by atoms with E-state index in [4.69, 9.17) is 16.3 Å². The highest BCUT2D eigenvalue weighted by atomic mass is 79.9. The number of hydrogen-bond donors (Lipinski definition) is 0. The van der Waals surface area contributed by atoms with Crippen LogP contribution in [0.2, 0.25) is 0 Å². The highest BCUT2D eigenvalue weighted by Crippen LogP contribution is 2.24. The molecule has 0 N–H and O–H groups in total. The molecule has 2 rings (SSSR count). The van der Waals surface area contributed by atoms with Crippen LogP contribution in [0.4, 0.5) is 0 Å². The average molecular weight is 344 g/mol. The number of ether oxygens (including phenoxy) is 1. The molecule has 1 aromatic heterocycles. The SMILES string of the molecule is COc1ccc(Br)c(Cn2nc(C)c(CCl)c2C)c1. The lowest BCUT2D eigenvalue weighted by atomic mass is 10.2. The number of benzene rings is 1. The number of rotatable bonds is 4. The first-order valence-corrected chi connectivity index (χ1v) is 7.30. The first-order valence-electron chi connectivity index (χ1n) is 5.98. The molecule has 5 heteroatoms. The zero-order valence-electron chi connectivity index (χ0n) is 11.2. The molecule has 0 unspecified atom stereocenters. The summed E-state index contributed by atoms with van der Waals surface area (Å²) in [4.78, 5) is 0. The lowest BCUT2D eigenvalue weighted by Gasteiger charge is -2.09. The molecule has 0 atom stereocenters. The van der Waals surface area contributed by atoms with Crippen LogP contribution in [0.5, 0.6) is 5.75 Å². The Kier molecular flexibility index (Phi) is 4.53. The van der Waals surface area contributed by atoms with Crippen molar-refractivity contribution in [2.24, 2.45) is 0 Å². The molecule has 0 radical (unpaired) electrons. The third-order valence-electron chi connectivity index (χ3n) is 3.24. The Morgan fingerprint density at radius 2 is 2.11 bits per heavy atom. The normalized spacial score (nSPS) is 10.8. The molecule has 1 heterocycles. The highest BCUT2D eigenvalue weighted by molar-refractivity contribution is 9.10. The van der Waals surface area contributed by atoms with E-state index >= 15 is 0 Å². The van der Waals surface area contributed by atoms with Crippen molar-refractivity contribution in [3.05, 3.63) is 45.2 Å². The molecule has 0 aliphatic carbocycles. The van der Waals surface area contributed by atoms with Gasteiger partial charge >= 0.3 is 0 Å². The molecule has 0 fully saturated rings. The number of alkyl halides is 1. The van der Waals surface area contributed by atoms with Crippen molar-refractivity contribution in [2.75, 3.05) is 7.11 Å². The van der Waals surface area contributed by atoms with E-state index in [9.17, 15) is 0 Å². The van der Waals surface area contributed by atoms with Crippen LogP contribution in [0.1, 0.15) is 22.5 Å². The van der Waals surface area contributed by atoms with E-state index in [1.807, 2.05) is 36.7 Å². The topological polar surface area (TPSA) is 27.1 Å². The van der Waals surface area contributed by atoms with E-state index in [2.05, 4.69) is 21.0 Å². The third-order valence-corrected chi connectivity index (χ3v) is 4.28. The molecule has 1 aromatic carbocycles. The Labute approximate surface area is 126 Å². The molecule has 0 saturated heterocycles. The molecule has 0 saturated carbocycles. The Morgan fingerprint density at radius 3 is 2.68 bits per heavy atom. The van der Waals surface area contributed by atoms with Gasteiger partial charge in [-0.15, -0.1) is 11.6 Å². The fourth-order valence-corrected chi connectivity index (χ4v) is 2.80. The van der Waals surface area contributed by atoms with E-state index < -0.39 is 0 Å². The molecule has 0 spiro atoms. The van der Waals surface area contributed by atoms with Crippen LogP contribution in [0.25, 0.3) is 0 Å². The second-order valence-electron chi connectivity index (χ2n) is 4.40. The monoisotopic (exact) mass is 342 g/mol. The van der Waals surface area contributed by atoms with E-state index in [1.54, 1.807) is 7.11 Å². The quantitative estimate of drug-likeness (QED) is 0.783. The molecule has 2 aromatic rings. The number of nitrogens with zero attached hydrogens (tertiary/aromatic N) is 2. The summed E-state index contributed by atoms with van der Waals surface area (Å²) < 4.78 is 8.28. The van der Waals surface area contributed by atoms with Crippen LogP contribution in [0, 0.1) is 13.8 Å². The molecule has 3 nitrogen and oxygen atoms in total. The summed E-state index contributed by atoms with van der Waals surface area (Å²) in [6, 6.07) is 5.93. The Bertz CT molecular complexity index is 595. The van der Waals surface area contributed by atoms with Crippen molar-refractivity contribution in [3.63, 3.8) is 0 Å². The fourth-order valence-electron chi connectivity index (χ4n) is 2.04. The summed E-state index contributed by atoms with van der Waals surface area (Å²) >= 11 is 9.51. The second kappa shape index (κ2) is 5.97. The lowest BCUT2D eigenvalue weighted by molar-refractivity contribution is 0.414. The fraction of sp³-hybridized carbons (Fsp3) is 0.357. The number of aryl methyl sites for hydroxylation is 1. The van der Waals surface area contributed by atoms with Gasteiger partial charge in [0.25, 0.3) is 0 Å². The zero-order chi connectivity index (χ0) is 14.0.